The van der Waals surface area contributed by atoms with E-state index < -0.39 is 17.6 Å². The molecule has 3 aromatic rings. The summed E-state index contributed by atoms with van der Waals surface area (Å²) >= 11 is 1.11. The number of halogens is 3. The molecule has 1 amide bonds. The second-order valence-corrected chi connectivity index (χ2v) is 6.58. The standard InChI is InChI=1S/C18H15F3N4O2S/c19-18(20,21)12-5-4-8-14(9-12)27-10-16-23-24-17(28-11-15(22)26)25(16)13-6-2-1-3-7-13/h1-9H,10-11H2,(H2,22,26). The summed E-state index contributed by atoms with van der Waals surface area (Å²) in [7, 11) is 0. The second kappa shape index (κ2) is 8.34. The zero-order valence-corrected chi connectivity index (χ0v) is 15.2. The number of ether oxygens (including phenoxy) is 1. The van der Waals surface area contributed by atoms with Gasteiger partial charge in [0.2, 0.25) is 5.91 Å². The molecule has 0 spiro atoms. The first-order valence-electron chi connectivity index (χ1n) is 8.05. The third-order valence-corrected chi connectivity index (χ3v) is 4.54. The Hall–Kier alpha value is -3.01. The summed E-state index contributed by atoms with van der Waals surface area (Å²) in [6.07, 6.45) is -4.46. The number of nitrogens with two attached hydrogens (primary N) is 1. The highest BCUT2D eigenvalue weighted by molar-refractivity contribution is 7.99. The fourth-order valence-corrected chi connectivity index (χ4v) is 3.08. The van der Waals surface area contributed by atoms with Crippen LogP contribution >= 0.6 is 11.8 Å². The van der Waals surface area contributed by atoms with Gasteiger partial charge in [-0.2, -0.15) is 13.2 Å². The van der Waals surface area contributed by atoms with Crippen LogP contribution in [0.5, 0.6) is 5.75 Å². The number of hydrogen-bond acceptors (Lipinski definition) is 5. The van der Waals surface area contributed by atoms with E-state index >= 15 is 0 Å². The Morgan fingerprint density at radius 2 is 1.86 bits per heavy atom. The average Bonchev–Trinajstić information content (AvgIpc) is 3.08. The van der Waals surface area contributed by atoms with Gasteiger partial charge in [-0.1, -0.05) is 36.0 Å². The zero-order chi connectivity index (χ0) is 20.1. The molecule has 0 bridgehead atoms. The summed E-state index contributed by atoms with van der Waals surface area (Å²) in [5.41, 5.74) is 5.11. The molecule has 0 atom stereocenters. The van der Waals surface area contributed by atoms with E-state index in [0.29, 0.717) is 11.0 Å². The molecule has 0 saturated carbocycles. The van der Waals surface area contributed by atoms with Crippen molar-refractivity contribution in [3.05, 3.63) is 66.0 Å². The topological polar surface area (TPSA) is 83.0 Å². The Morgan fingerprint density at radius 1 is 1.11 bits per heavy atom. The van der Waals surface area contributed by atoms with E-state index in [0.717, 1.165) is 29.6 Å². The van der Waals surface area contributed by atoms with Gasteiger partial charge >= 0.3 is 6.18 Å². The molecule has 0 saturated heterocycles. The summed E-state index contributed by atoms with van der Waals surface area (Å²) in [4.78, 5) is 11.1. The first-order chi connectivity index (χ1) is 13.3. The van der Waals surface area contributed by atoms with Crippen LogP contribution in [0.4, 0.5) is 13.2 Å². The van der Waals surface area contributed by atoms with Gasteiger partial charge in [-0.25, -0.2) is 0 Å². The van der Waals surface area contributed by atoms with Gasteiger partial charge in [-0.15, -0.1) is 10.2 Å². The highest BCUT2D eigenvalue weighted by Gasteiger charge is 2.30. The maximum atomic E-state index is 12.8. The van der Waals surface area contributed by atoms with Gasteiger partial charge in [0.05, 0.1) is 11.3 Å². The predicted octanol–water partition coefficient (Wildman–Crippen LogP) is 3.44. The molecule has 6 nitrogen and oxygen atoms in total. The van der Waals surface area contributed by atoms with Crippen molar-refractivity contribution in [3.8, 4) is 11.4 Å². The SMILES string of the molecule is NC(=O)CSc1nnc(COc2cccc(C(F)(F)F)c2)n1-c1ccccc1. The number of para-hydroxylation sites is 1. The van der Waals surface area contributed by atoms with E-state index in [1.165, 1.54) is 12.1 Å². The highest BCUT2D eigenvalue weighted by atomic mass is 32.2. The number of thioether (sulfide) groups is 1. The predicted molar refractivity (Wildman–Crippen MR) is 97.1 cm³/mol. The summed E-state index contributed by atoms with van der Waals surface area (Å²) < 4.78 is 45.7. The van der Waals surface area contributed by atoms with Crippen molar-refractivity contribution in [2.75, 3.05) is 5.75 Å². The lowest BCUT2D eigenvalue weighted by Gasteiger charge is -2.12. The number of primary amides is 1. The Morgan fingerprint density at radius 3 is 2.54 bits per heavy atom. The first kappa shape index (κ1) is 19.7. The van der Waals surface area contributed by atoms with Crippen molar-refractivity contribution in [1.29, 1.82) is 0 Å². The lowest BCUT2D eigenvalue weighted by Crippen LogP contribution is -2.14. The number of amides is 1. The van der Waals surface area contributed by atoms with Crippen LogP contribution in [0.3, 0.4) is 0 Å². The van der Waals surface area contributed by atoms with Crippen molar-refractivity contribution in [3.63, 3.8) is 0 Å². The van der Waals surface area contributed by atoms with E-state index in [-0.39, 0.29) is 18.1 Å². The Labute approximate surface area is 162 Å². The van der Waals surface area contributed by atoms with Gasteiger partial charge in [-0.3, -0.25) is 9.36 Å². The molecule has 1 aromatic heterocycles. The fraction of sp³-hybridized carbons (Fsp3) is 0.167. The largest absolute Gasteiger partial charge is 0.486 e. The number of benzene rings is 2. The van der Waals surface area contributed by atoms with E-state index in [1.807, 2.05) is 30.3 Å². The highest BCUT2D eigenvalue weighted by Crippen LogP contribution is 2.31. The molecular formula is C18H15F3N4O2S. The van der Waals surface area contributed by atoms with Crippen molar-refractivity contribution >= 4 is 17.7 Å². The maximum absolute atomic E-state index is 12.8. The summed E-state index contributed by atoms with van der Waals surface area (Å²) in [5, 5.41) is 8.51. The van der Waals surface area contributed by atoms with Gasteiger partial charge in [0.15, 0.2) is 11.0 Å². The van der Waals surface area contributed by atoms with Crippen LogP contribution in [0, 0.1) is 0 Å². The van der Waals surface area contributed by atoms with Crippen molar-refractivity contribution < 1.29 is 22.7 Å². The summed E-state index contributed by atoms with van der Waals surface area (Å²) in [6, 6.07) is 13.7. The molecule has 0 aliphatic rings. The monoisotopic (exact) mass is 408 g/mol. The molecule has 1 heterocycles. The third kappa shape index (κ3) is 4.83. The quantitative estimate of drug-likeness (QED) is 0.606. The molecule has 0 fully saturated rings. The zero-order valence-electron chi connectivity index (χ0n) is 14.4. The number of hydrogen-bond donors (Lipinski definition) is 1. The van der Waals surface area contributed by atoms with Crippen molar-refractivity contribution in [1.82, 2.24) is 14.8 Å². The van der Waals surface area contributed by atoms with Crippen LogP contribution in [0.25, 0.3) is 5.69 Å². The van der Waals surface area contributed by atoms with Crippen LogP contribution in [0.15, 0.2) is 59.8 Å². The fourth-order valence-electron chi connectivity index (χ4n) is 2.37. The molecule has 2 N–H and O–H groups in total. The number of aromatic nitrogens is 3. The summed E-state index contributed by atoms with van der Waals surface area (Å²) in [6.45, 7) is -0.111. The molecule has 0 aliphatic carbocycles. The normalized spacial score (nSPS) is 11.4. The molecule has 0 radical (unpaired) electrons. The molecular weight excluding hydrogens is 393 g/mol. The number of nitrogens with zero attached hydrogens (tertiary/aromatic N) is 3. The average molecular weight is 408 g/mol. The minimum absolute atomic E-state index is 0.0133. The number of carbonyl (C=O) groups excluding carboxylic acids is 1. The molecule has 3 rings (SSSR count). The van der Waals surface area contributed by atoms with Crippen LogP contribution in [-0.4, -0.2) is 26.4 Å². The minimum atomic E-state index is -4.46. The minimum Gasteiger partial charge on any atom is -0.486 e. The van der Waals surface area contributed by atoms with E-state index in [2.05, 4.69) is 10.2 Å². The van der Waals surface area contributed by atoms with E-state index in [1.54, 1.807) is 4.57 Å². The van der Waals surface area contributed by atoms with Crippen LogP contribution < -0.4 is 10.5 Å². The Bertz CT molecular complexity index is 961. The molecule has 28 heavy (non-hydrogen) atoms. The van der Waals surface area contributed by atoms with Crippen LogP contribution in [-0.2, 0) is 17.6 Å². The van der Waals surface area contributed by atoms with Crippen LogP contribution in [0.1, 0.15) is 11.4 Å². The van der Waals surface area contributed by atoms with Gasteiger partial charge in [0.25, 0.3) is 0 Å². The number of carbonyl (C=O) groups is 1. The Balaban J connectivity index is 1.85. The lowest BCUT2D eigenvalue weighted by molar-refractivity contribution is -0.137. The van der Waals surface area contributed by atoms with Gasteiger partial charge in [0, 0.05) is 5.69 Å². The second-order valence-electron chi connectivity index (χ2n) is 5.64. The summed E-state index contributed by atoms with van der Waals surface area (Å²) in [5.74, 6) is -0.0619. The third-order valence-electron chi connectivity index (χ3n) is 3.59. The van der Waals surface area contributed by atoms with Gasteiger partial charge < -0.3 is 10.5 Å². The van der Waals surface area contributed by atoms with Crippen molar-refractivity contribution in [2.45, 2.75) is 17.9 Å². The number of alkyl halides is 3. The molecule has 0 unspecified atom stereocenters. The van der Waals surface area contributed by atoms with Crippen molar-refractivity contribution in [2.24, 2.45) is 5.73 Å². The number of rotatable bonds is 7. The van der Waals surface area contributed by atoms with Gasteiger partial charge in [0.1, 0.15) is 12.4 Å². The maximum Gasteiger partial charge on any atom is 0.416 e. The van der Waals surface area contributed by atoms with Crippen LogP contribution in [0.2, 0.25) is 0 Å². The molecule has 10 heteroatoms. The molecule has 2 aromatic carbocycles. The van der Waals surface area contributed by atoms with E-state index in [4.69, 9.17) is 10.5 Å². The van der Waals surface area contributed by atoms with Gasteiger partial charge in [-0.05, 0) is 30.3 Å². The first-order valence-corrected chi connectivity index (χ1v) is 9.04. The Kier molecular flexibility index (Phi) is 5.88. The van der Waals surface area contributed by atoms with E-state index in [9.17, 15) is 18.0 Å². The molecule has 146 valence electrons. The smallest absolute Gasteiger partial charge is 0.416 e. The lowest BCUT2D eigenvalue weighted by atomic mass is 10.2. The molecule has 0 aliphatic heterocycles.